The molecule has 0 unspecified atom stereocenters. The third-order valence-corrected chi connectivity index (χ3v) is 7.23. The maximum absolute atomic E-state index is 13.0. The minimum Gasteiger partial charge on any atom is -0.495 e. The molecule has 1 aliphatic carbocycles. The number of fused-ring (bicyclic) bond motifs is 1. The van der Waals surface area contributed by atoms with E-state index in [0.29, 0.717) is 11.6 Å². The molecule has 8 heteroatoms. The van der Waals surface area contributed by atoms with Crippen molar-refractivity contribution in [2.45, 2.75) is 63.3 Å². The summed E-state index contributed by atoms with van der Waals surface area (Å²) in [7, 11) is -2.33. The Morgan fingerprint density at radius 3 is 2.34 bits per heavy atom. The maximum Gasteiger partial charge on any atom is 0.244 e. The summed E-state index contributed by atoms with van der Waals surface area (Å²) < 4.78 is 39.2. The van der Waals surface area contributed by atoms with Crippen LogP contribution in [0.5, 0.6) is 5.75 Å². The van der Waals surface area contributed by atoms with E-state index < -0.39 is 10.0 Å². The molecule has 0 bridgehead atoms. The number of aryl methyl sites for hydroxylation is 2. The number of ether oxygens (including phenoxy) is 1. The van der Waals surface area contributed by atoms with Crippen LogP contribution in [-0.4, -0.2) is 25.7 Å². The van der Waals surface area contributed by atoms with E-state index in [1.54, 1.807) is 6.07 Å². The molecule has 0 saturated heterocycles. The zero-order chi connectivity index (χ0) is 22.9. The van der Waals surface area contributed by atoms with Crippen molar-refractivity contribution < 1.29 is 17.7 Å². The SMILES string of the molecule is COc1cc2c(cc1S(=O)(=O)NCc1nc(-c3ccc(C(C)(C)C)cc3)no1)CCCC2. The van der Waals surface area contributed by atoms with Crippen molar-refractivity contribution in [3.05, 3.63) is 59.0 Å². The molecule has 0 amide bonds. The number of rotatable bonds is 6. The lowest BCUT2D eigenvalue weighted by atomic mass is 9.87. The van der Waals surface area contributed by atoms with Crippen LogP contribution in [0.25, 0.3) is 11.4 Å². The summed E-state index contributed by atoms with van der Waals surface area (Å²) in [5.74, 6) is 0.967. The first-order valence-corrected chi connectivity index (χ1v) is 12.3. The molecule has 4 rings (SSSR count). The molecular formula is C24H29N3O4S. The summed E-state index contributed by atoms with van der Waals surface area (Å²) in [5.41, 5.74) is 4.29. The molecule has 1 N–H and O–H groups in total. The van der Waals surface area contributed by atoms with Gasteiger partial charge in [0.25, 0.3) is 0 Å². The molecule has 3 aromatic rings. The predicted molar refractivity (Wildman–Crippen MR) is 122 cm³/mol. The molecule has 2 aromatic carbocycles. The summed E-state index contributed by atoms with van der Waals surface area (Å²) in [6.07, 6.45) is 4.00. The minimum absolute atomic E-state index is 0.0525. The predicted octanol–water partition coefficient (Wildman–Crippen LogP) is 4.40. The van der Waals surface area contributed by atoms with Gasteiger partial charge in [-0.15, -0.1) is 0 Å². The zero-order valence-corrected chi connectivity index (χ0v) is 19.8. The zero-order valence-electron chi connectivity index (χ0n) is 18.9. The van der Waals surface area contributed by atoms with Gasteiger partial charge in [-0.1, -0.05) is 50.2 Å². The molecule has 1 aromatic heterocycles. The number of methoxy groups -OCH3 is 1. The summed E-state index contributed by atoms with van der Waals surface area (Å²) >= 11 is 0. The maximum atomic E-state index is 13.0. The van der Waals surface area contributed by atoms with Crippen molar-refractivity contribution in [2.24, 2.45) is 0 Å². The molecule has 0 atom stereocenters. The van der Waals surface area contributed by atoms with Gasteiger partial charge in [0, 0.05) is 5.56 Å². The number of nitrogens with one attached hydrogen (secondary N) is 1. The largest absolute Gasteiger partial charge is 0.495 e. The van der Waals surface area contributed by atoms with Crippen LogP contribution in [-0.2, 0) is 34.8 Å². The summed E-state index contributed by atoms with van der Waals surface area (Å²) in [6, 6.07) is 11.5. The van der Waals surface area contributed by atoms with Crippen LogP contribution < -0.4 is 9.46 Å². The highest BCUT2D eigenvalue weighted by Gasteiger charge is 2.24. The summed E-state index contributed by atoms with van der Waals surface area (Å²) in [5, 5.41) is 4.00. The van der Waals surface area contributed by atoms with E-state index >= 15 is 0 Å². The first-order valence-electron chi connectivity index (χ1n) is 10.8. The number of benzene rings is 2. The third-order valence-electron chi connectivity index (χ3n) is 5.81. The number of hydrogen-bond donors (Lipinski definition) is 1. The quantitative estimate of drug-likeness (QED) is 0.592. The second-order valence-corrected chi connectivity index (χ2v) is 10.9. The van der Waals surface area contributed by atoms with Crippen molar-refractivity contribution in [3.63, 3.8) is 0 Å². The Morgan fingerprint density at radius 2 is 1.72 bits per heavy atom. The van der Waals surface area contributed by atoms with Gasteiger partial charge in [-0.05, 0) is 59.9 Å². The molecule has 0 radical (unpaired) electrons. The van der Waals surface area contributed by atoms with Crippen molar-refractivity contribution >= 4 is 10.0 Å². The summed E-state index contributed by atoms with van der Waals surface area (Å²) in [4.78, 5) is 4.48. The van der Waals surface area contributed by atoms with E-state index in [0.717, 1.165) is 42.4 Å². The van der Waals surface area contributed by atoms with Crippen LogP contribution in [0.15, 0.2) is 45.8 Å². The van der Waals surface area contributed by atoms with Crippen LogP contribution in [0.3, 0.4) is 0 Å². The van der Waals surface area contributed by atoms with Crippen molar-refractivity contribution in [2.75, 3.05) is 7.11 Å². The molecule has 0 saturated carbocycles. The van der Waals surface area contributed by atoms with E-state index in [2.05, 4.69) is 35.6 Å². The fraction of sp³-hybridized carbons (Fsp3) is 0.417. The van der Waals surface area contributed by atoms with E-state index in [1.807, 2.05) is 30.3 Å². The first-order chi connectivity index (χ1) is 15.2. The highest BCUT2D eigenvalue weighted by atomic mass is 32.2. The normalized spacial score (nSPS) is 14.2. The lowest BCUT2D eigenvalue weighted by Gasteiger charge is -2.19. The third kappa shape index (κ3) is 4.71. The van der Waals surface area contributed by atoms with E-state index in [-0.39, 0.29) is 22.7 Å². The Morgan fingerprint density at radius 1 is 1.06 bits per heavy atom. The van der Waals surface area contributed by atoms with Crippen molar-refractivity contribution in [1.29, 1.82) is 0 Å². The standard InChI is InChI=1S/C24H29N3O4S/c1-24(2,3)19-11-9-16(10-12-19)23-26-22(31-27-23)15-25-32(28,29)21-14-18-8-6-5-7-17(18)13-20(21)30-4/h9-14,25H,5-8,15H2,1-4H3. The average molecular weight is 456 g/mol. The molecule has 1 heterocycles. The number of aromatic nitrogens is 2. The topological polar surface area (TPSA) is 94.3 Å². The Labute approximate surface area is 189 Å². The highest BCUT2D eigenvalue weighted by molar-refractivity contribution is 7.89. The van der Waals surface area contributed by atoms with Gasteiger partial charge >= 0.3 is 0 Å². The lowest BCUT2D eigenvalue weighted by molar-refractivity contribution is 0.375. The molecular weight excluding hydrogens is 426 g/mol. The van der Waals surface area contributed by atoms with Gasteiger partial charge in [0.05, 0.1) is 13.7 Å². The van der Waals surface area contributed by atoms with Gasteiger partial charge in [-0.25, -0.2) is 13.1 Å². The summed E-state index contributed by atoms with van der Waals surface area (Å²) in [6.45, 7) is 6.35. The van der Waals surface area contributed by atoms with Gasteiger partial charge in [0.15, 0.2) is 0 Å². The van der Waals surface area contributed by atoms with Crippen LogP contribution in [0.4, 0.5) is 0 Å². The second kappa shape index (κ2) is 8.67. The lowest BCUT2D eigenvalue weighted by Crippen LogP contribution is -2.24. The van der Waals surface area contributed by atoms with Gasteiger partial charge in [-0.3, -0.25) is 0 Å². The van der Waals surface area contributed by atoms with Crippen molar-refractivity contribution in [3.8, 4) is 17.1 Å². The van der Waals surface area contributed by atoms with Crippen molar-refractivity contribution in [1.82, 2.24) is 14.9 Å². The average Bonchev–Trinajstić information content (AvgIpc) is 3.25. The van der Waals surface area contributed by atoms with Gasteiger partial charge in [0.2, 0.25) is 21.7 Å². The molecule has 32 heavy (non-hydrogen) atoms. The van der Waals surface area contributed by atoms with E-state index in [1.165, 1.54) is 12.7 Å². The van der Waals surface area contributed by atoms with Crippen LogP contribution in [0.1, 0.15) is 56.2 Å². The number of nitrogens with zero attached hydrogens (tertiary/aromatic N) is 2. The Hall–Kier alpha value is -2.71. The smallest absolute Gasteiger partial charge is 0.244 e. The van der Waals surface area contributed by atoms with E-state index in [4.69, 9.17) is 9.26 Å². The minimum atomic E-state index is -3.81. The van der Waals surface area contributed by atoms with Crippen LogP contribution in [0, 0.1) is 0 Å². The molecule has 0 spiro atoms. The monoisotopic (exact) mass is 455 g/mol. The van der Waals surface area contributed by atoms with E-state index in [9.17, 15) is 8.42 Å². The molecule has 1 aliphatic rings. The number of hydrogen-bond acceptors (Lipinski definition) is 6. The Kier molecular flexibility index (Phi) is 6.09. The molecule has 0 aliphatic heterocycles. The number of sulfonamides is 1. The highest BCUT2D eigenvalue weighted by Crippen LogP contribution is 2.32. The molecule has 0 fully saturated rings. The van der Waals surface area contributed by atoms with Crippen LogP contribution in [0.2, 0.25) is 0 Å². The van der Waals surface area contributed by atoms with Gasteiger partial charge in [0.1, 0.15) is 10.6 Å². The molecule has 7 nitrogen and oxygen atoms in total. The van der Waals surface area contributed by atoms with Gasteiger partial charge < -0.3 is 9.26 Å². The Balaban J connectivity index is 1.50. The second-order valence-electron chi connectivity index (χ2n) is 9.14. The first kappa shape index (κ1) is 22.5. The molecule has 170 valence electrons. The van der Waals surface area contributed by atoms with Gasteiger partial charge in [-0.2, -0.15) is 4.98 Å². The van der Waals surface area contributed by atoms with Crippen LogP contribution >= 0.6 is 0 Å². The fourth-order valence-electron chi connectivity index (χ4n) is 3.91. The fourth-order valence-corrected chi connectivity index (χ4v) is 5.08. The Bertz CT molecular complexity index is 1210.